The van der Waals surface area contributed by atoms with E-state index in [0.29, 0.717) is 12.1 Å². The van der Waals surface area contributed by atoms with Crippen molar-refractivity contribution in [3.63, 3.8) is 0 Å². The second-order valence-corrected chi connectivity index (χ2v) is 5.08. The van der Waals surface area contributed by atoms with Gasteiger partial charge in [0.25, 0.3) is 0 Å². The lowest BCUT2D eigenvalue weighted by molar-refractivity contribution is -0.0386. The van der Waals surface area contributed by atoms with E-state index in [1.165, 1.54) is 5.56 Å². The third kappa shape index (κ3) is 3.80. The molecular formula is C15H24N2O. The molecule has 2 unspecified atom stereocenters. The van der Waals surface area contributed by atoms with Gasteiger partial charge in [-0.05, 0) is 26.0 Å². The highest BCUT2D eigenvalue weighted by molar-refractivity contribution is 5.15. The molecule has 1 aromatic rings. The molecule has 2 rings (SSSR count). The molecule has 0 bridgehead atoms. The minimum atomic E-state index is 0.335. The van der Waals surface area contributed by atoms with Crippen LogP contribution in [0.2, 0.25) is 0 Å². The van der Waals surface area contributed by atoms with Crippen LogP contribution in [0, 0.1) is 0 Å². The van der Waals surface area contributed by atoms with Gasteiger partial charge in [0.2, 0.25) is 0 Å². The molecule has 3 heteroatoms. The Morgan fingerprint density at radius 3 is 2.89 bits per heavy atom. The standard InChI is InChI=1S/C15H24N2O/c1-13(10-14-6-4-3-5-7-14)17-8-9-18-15(12-17)11-16-2/h3-7,13,15-16H,8-12H2,1-2H3. The lowest BCUT2D eigenvalue weighted by Crippen LogP contribution is -2.50. The molecule has 1 heterocycles. The van der Waals surface area contributed by atoms with Gasteiger partial charge in [0.1, 0.15) is 0 Å². The van der Waals surface area contributed by atoms with E-state index in [4.69, 9.17) is 4.74 Å². The molecule has 2 atom stereocenters. The quantitative estimate of drug-likeness (QED) is 0.855. The molecule has 1 aromatic carbocycles. The molecule has 0 amide bonds. The fraction of sp³-hybridized carbons (Fsp3) is 0.600. The molecule has 100 valence electrons. The molecule has 1 aliphatic rings. The number of rotatable bonds is 5. The van der Waals surface area contributed by atoms with Crippen LogP contribution >= 0.6 is 0 Å². The number of morpholine rings is 1. The first kappa shape index (κ1) is 13.5. The Balaban J connectivity index is 1.86. The average Bonchev–Trinajstić information content (AvgIpc) is 2.40. The van der Waals surface area contributed by atoms with Crippen LogP contribution in [0.15, 0.2) is 30.3 Å². The monoisotopic (exact) mass is 248 g/mol. The number of benzene rings is 1. The van der Waals surface area contributed by atoms with Crippen LogP contribution in [-0.2, 0) is 11.2 Å². The van der Waals surface area contributed by atoms with E-state index in [1.807, 2.05) is 7.05 Å². The van der Waals surface area contributed by atoms with Crippen molar-refractivity contribution in [2.75, 3.05) is 33.3 Å². The summed E-state index contributed by atoms with van der Waals surface area (Å²) < 4.78 is 5.74. The summed E-state index contributed by atoms with van der Waals surface area (Å²) in [5.74, 6) is 0. The summed E-state index contributed by atoms with van der Waals surface area (Å²) in [6.07, 6.45) is 1.45. The Morgan fingerprint density at radius 1 is 1.39 bits per heavy atom. The lowest BCUT2D eigenvalue weighted by atomic mass is 10.1. The van der Waals surface area contributed by atoms with Crippen LogP contribution in [0.25, 0.3) is 0 Å². The Hall–Kier alpha value is -0.900. The van der Waals surface area contributed by atoms with E-state index in [1.54, 1.807) is 0 Å². The molecule has 0 spiro atoms. The van der Waals surface area contributed by atoms with E-state index >= 15 is 0 Å². The number of nitrogens with zero attached hydrogens (tertiary/aromatic N) is 1. The molecule has 1 aliphatic heterocycles. The van der Waals surface area contributed by atoms with Crippen molar-refractivity contribution in [2.45, 2.75) is 25.5 Å². The maximum Gasteiger partial charge on any atom is 0.0826 e. The number of nitrogens with one attached hydrogen (secondary N) is 1. The van der Waals surface area contributed by atoms with E-state index in [9.17, 15) is 0 Å². The normalized spacial score (nSPS) is 22.9. The fourth-order valence-electron chi connectivity index (χ4n) is 2.58. The number of hydrogen-bond donors (Lipinski definition) is 1. The Labute approximate surface area is 110 Å². The summed E-state index contributed by atoms with van der Waals surface area (Å²) in [6, 6.07) is 11.3. The second kappa shape index (κ2) is 6.88. The molecule has 3 nitrogen and oxygen atoms in total. The van der Waals surface area contributed by atoms with E-state index in [0.717, 1.165) is 32.7 Å². The first-order valence-corrected chi connectivity index (χ1v) is 6.83. The molecule has 0 saturated carbocycles. The van der Waals surface area contributed by atoms with E-state index < -0.39 is 0 Å². The molecule has 0 aliphatic carbocycles. The van der Waals surface area contributed by atoms with Crippen molar-refractivity contribution in [3.8, 4) is 0 Å². The molecule has 0 radical (unpaired) electrons. The zero-order chi connectivity index (χ0) is 12.8. The van der Waals surface area contributed by atoms with Crippen molar-refractivity contribution in [1.82, 2.24) is 10.2 Å². The smallest absolute Gasteiger partial charge is 0.0826 e. The second-order valence-electron chi connectivity index (χ2n) is 5.08. The van der Waals surface area contributed by atoms with Gasteiger partial charge in [0, 0.05) is 25.7 Å². The fourth-order valence-corrected chi connectivity index (χ4v) is 2.58. The van der Waals surface area contributed by atoms with Gasteiger partial charge < -0.3 is 10.1 Å². The van der Waals surface area contributed by atoms with Gasteiger partial charge in [-0.1, -0.05) is 30.3 Å². The minimum Gasteiger partial charge on any atom is -0.374 e. The summed E-state index contributed by atoms with van der Waals surface area (Å²) in [4.78, 5) is 2.54. The van der Waals surface area contributed by atoms with Crippen molar-refractivity contribution >= 4 is 0 Å². The summed E-state index contributed by atoms with van der Waals surface area (Å²) in [7, 11) is 1.98. The number of ether oxygens (including phenoxy) is 1. The summed E-state index contributed by atoms with van der Waals surface area (Å²) in [5.41, 5.74) is 1.42. The summed E-state index contributed by atoms with van der Waals surface area (Å²) in [6.45, 7) is 6.19. The van der Waals surface area contributed by atoms with Crippen LogP contribution in [-0.4, -0.2) is 50.3 Å². The first-order chi connectivity index (χ1) is 8.79. The van der Waals surface area contributed by atoms with Gasteiger partial charge in [-0.15, -0.1) is 0 Å². The molecule has 1 N–H and O–H groups in total. The predicted molar refractivity (Wildman–Crippen MR) is 74.8 cm³/mol. The minimum absolute atomic E-state index is 0.335. The van der Waals surface area contributed by atoms with Crippen molar-refractivity contribution in [3.05, 3.63) is 35.9 Å². The molecule has 1 saturated heterocycles. The highest BCUT2D eigenvalue weighted by Crippen LogP contribution is 2.13. The van der Waals surface area contributed by atoms with Crippen molar-refractivity contribution in [1.29, 1.82) is 0 Å². The van der Waals surface area contributed by atoms with Crippen LogP contribution in [0.5, 0.6) is 0 Å². The zero-order valence-electron chi connectivity index (χ0n) is 11.4. The Kier molecular flexibility index (Phi) is 5.17. The van der Waals surface area contributed by atoms with E-state index in [-0.39, 0.29) is 0 Å². The van der Waals surface area contributed by atoms with Gasteiger partial charge in [-0.25, -0.2) is 0 Å². The molecule has 0 aromatic heterocycles. The van der Waals surface area contributed by atoms with Gasteiger partial charge in [0.05, 0.1) is 12.7 Å². The molecular weight excluding hydrogens is 224 g/mol. The van der Waals surface area contributed by atoms with Crippen molar-refractivity contribution in [2.24, 2.45) is 0 Å². The van der Waals surface area contributed by atoms with Crippen LogP contribution < -0.4 is 5.32 Å². The average molecular weight is 248 g/mol. The van der Waals surface area contributed by atoms with Gasteiger partial charge in [0.15, 0.2) is 0 Å². The third-order valence-electron chi connectivity index (χ3n) is 3.60. The van der Waals surface area contributed by atoms with Crippen molar-refractivity contribution < 1.29 is 4.74 Å². The first-order valence-electron chi connectivity index (χ1n) is 6.83. The van der Waals surface area contributed by atoms with E-state index in [2.05, 4.69) is 47.5 Å². The Morgan fingerprint density at radius 2 is 2.17 bits per heavy atom. The zero-order valence-corrected chi connectivity index (χ0v) is 11.4. The van der Waals surface area contributed by atoms with Gasteiger partial charge >= 0.3 is 0 Å². The topological polar surface area (TPSA) is 24.5 Å². The maximum atomic E-state index is 5.74. The van der Waals surface area contributed by atoms with Gasteiger partial charge in [-0.2, -0.15) is 0 Å². The highest BCUT2D eigenvalue weighted by Gasteiger charge is 2.23. The Bertz CT molecular complexity index is 340. The molecule has 1 fully saturated rings. The third-order valence-corrected chi connectivity index (χ3v) is 3.60. The predicted octanol–water partition coefficient (Wildman–Crippen LogP) is 1.54. The largest absolute Gasteiger partial charge is 0.374 e. The summed E-state index contributed by atoms with van der Waals surface area (Å²) >= 11 is 0. The number of likely N-dealkylation sites (N-methyl/N-ethyl adjacent to an activating group) is 1. The molecule has 18 heavy (non-hydrogen) atoms. The highest BCUT2D eigenvalue weighted by atomic mass is 16.5. The van der Waals surface area contributed by atoms with Crippen LogP contribution in [0.1, 0.15) is 12.5 Å². The van der Waals surface area contributed by atoms with Gasteiger partial charge in [-0.3, -0.25) is 4.90 Å². The SMILES string of the molecule is CNCC1CN(C(C)Cc2ccccc2)CCO1. The summed E-state index contributed by atoms with van der Waals surface area (Å²) in [5, 5.41) is 3.19. The van der Waals surface area contributed by atoms with Crippen LogP contribution in [0.4, 0.5) is 0 Å². The number of hydrogen-bond acceptors (Lipinski definition) is 3. The van der Waals surface area contributed by atoms with Crippen LogP contribution in [0.3, 0.4) is 0 Å². The lowest BCUT2D eigenvalue weighted by Gasteiger charge is -2.37. The maximum absolute atomic E-state index is 5.74.